The van der Waals surface area contributed by atoms with Crippen LogP contribution < -0.4 is 10.9 Å². The Hall–Kier alpha value is -2.40. The molecular formula is C14H11N3O2. The fraction of sp³-hybridized carbons (Fsp3) is 0.143. The van der Waals surface area contributed by atoms with Crippen molar-refractivity contribution in [1.82, 2.24) is 15.3 Å². The van der Waals surface area contributed by atoms with Gasteiger partial charge < -0.3 is 14.7 Å². The summed E-state index contributed by atoms with van der Waals surface area (Å²) in [6, 6.07) is 7.71. The third-order valence-corrected chi connectivity index (χ3v) is 3.43. The molecule has 1 aromatic carbocycles. The van der Waals surface area contributed by atoms with Crippen LogP contribution in [0.25, 0.3) is 22.4 Å². The highest BCUT2D eigenvalue weighted by atomic mass is 16.3. The first-order chi connectivity index (χ1) is 9.33. The number of H-pyrrole nitrogens is 1. The zero-order chi connectivity index (χ0) is 12.8. The van der Waals surface area contributed by atoms with Crippen molar-refractivity contribution in [2.24, 2.45) is 0 Å². The summed E-state index contributed by atoms with van der Waals surface area (Å²) in [7, 11) is 0. The second-order valence-electron chi connectivity index (χ2n) is 4.59. The minimum absolute atomic E-state index is 0.0738. The second kappa shape index (κ2) is 3.80. The Kier molecular flexibility index (Phi) is 2.10. The quantitative estimate of drug-likeness (QED) is 0.693. The van der Waals surface area contributed by atoms with Gasteiger partial charge in [-0.3, -0.25) is 4.79 Å². The van der Waals surface area contributed by atoms with Crippen LogP contribution in [0.15, 0.2) is 39.7 Å². The van der Waals surface area contributed by atoms with E-state index in [1.807, 2.05) is 24.3 Å². The largest absolute Gasteiger partial charge is 0.464 e. The second-order valence-corrected chi connectivity index (χ2v) is 4.59. The van der Waals surface area contributed by atoms with Crippen LogP contribution in [0.3, 0.4) is 0 Å². The fourth-order valence-electron chi connectivity index (χ4n) is 2.47. The van der Waals surface area contributed by atoms with Gasteiger partial charge in [-0.25, -0.2) is 4.98 Å². The smallest absolute Gasteiger partial charge is 0.255 e. The number of aromatic amines is 1. The number of nitrogens with zero attached hydrogens (tertiary/aromatic N) is 1. The standard InChI is InChI=1S/C14H11N3O2/c18-14-9-5-15-6-11(9)16-13(17-14)10-7-19-12-4-2-1-3-8(10)12/h1-4,7,15H,5-6H2,(H,16,17,18). The summed E-state index contributed by atoms with van der Waals surface area (Å²) in [6.07, 6.45) is 1.64. The van der Waals surface area contributed by atoms with Crippen LogP contribution >= 0.6 is 0 Å². The van der Waals surface area contributed by atoms with Gasteiger partial charge in [0, 0.05) is 18.5 Å². The summed E-state index contributed by atoms with van der Waals surface area (Å²) in [5.74, 6) is 0.567. The normalized spacial score (nSPS) is 13.9. The Labute approximate surface area is 108 Å². The van der Waals surface area contributed by atoms with Gasteiger partial charge in [0.1, 0.15) is 17.7 Å². The lowest BCUT2D eigenvalue weighted by atomic mass is 10.1. The Bertz CT molecular complexity index is 832. The van der Waals surface area contributed by atoms with E-state index in [-0.39, 0.29) is 5.56 Å². The van der Waals surface area contributed by atoms with Crippen molar-refractivity contribution in [3.8, 4) is 11.4 Å². The number of aromatic nitrogens is 2. The Morgan fingerprint density at radius 3 is 3.05 bits per heavy atom. The Morgan fingerprint density at radius 2 is 2.11 bits per heavy atom. The summed E-state index contributed by atoms with van der Waals surface area (Å²) >= 11 is 0. The van der Waals surface area contributed by atoms with Crippen LogP contribution in [0.2, 0.25) is 0 Å². The SMILES string of the molecule is O=c1[nH]c(-c2coc3ccccc23)nc2c1CNC2. The lowest BCUT2D eigenvalue weighted by Crippen LogP contribution is -2.15. The molecule has 0 aliphatic carbocycles. The molecule has 2 aromatic heterocycles. The van der Waals surface area contributed by atoms with Gasteiger partial charge >= 0.3 is 0 Å². The van der Waals surface area contributed by atoms with E-state index in [4.69, 9.17) is 4.42 Å². The van der Waals surface area contributed by atoms with Gasteiger partial charge in [-0.15, -0.1) is 0 Å². The number of benzene rings is 1. The van der Waals surface area contributed by atoms with Crippen LogP contribution in [0.4, 0.5) is 0 Å². The Morgan fingerprint density at radius 1 is 1.21 bits per heavy atom. The van der Waals surface area contributed by atoms with Crippen molar-refractivity contribution in [2.75, 3.05) is 0 Å². The van der Waals surface area contributed by atoms with Crippen molar-refractivity contribution in [3.05, 3.63) is 52.1 Å². The summed E-state index contributed by atoms with van der Waals surface area (Å²) in [4.78, 5) is 19.4. The minimum atomic E-state index is -0.0738. The van der Waals surface area contributed by atoms with E-state index in [2.05, 4.69) is 15.3 Å². The van der Waals surface area contributed by atoms with E-state index >= 15 is 0 Å². The fourth-order valence-corrected chi connectivity index (χ4v) is 2.47. The topological polar surface area (TPSA) is 70.9 Å². The van der Waals surface area contributed by atoms with E-state index in [1.165, 1.54) is 0 Å². The van der Waals surface area contributed by atoms with Crippen LogP contribution in [0, 0.1) is 0 Å². The summed E-state index contributed by atoms with van der Waals surface area (Å²) < 4.78 is 5.49. The molecule has 0 saturated carbocycles. The molecular weight excluding hydrogens is 242 g/mol. The summed E-state index contributed by atoms with van der Waals surface area (Å²) in [6.45, 7) is 1.23. The van der Waals surface area contributed by atoms with E-state index in [9.17, 15) is 4.79 Å². The first-order valence-electron chi connectivity index (χ1n) is 6.12. The predicted octanol–water partition coefficient (Wildman–Crippen LogP) is 1.79. The molecule has 0 bridgehead atoms. The number of nitrogens with one attached hydrogen (secondary N) is 2. The van der Waals surface area contributed by atoms with Crippen LogP contribution in [0.1, 0.15) is 11.3 Å². The molecule has 1 aliphatic heterocycles. The molecule has 4 rings (SSSR count). The average Bonchev–Trinajstić information content (AvgIpc) is 3.04. The lowest BCUT2D eigenvalue weighted by molar-refractivity contribution is 0.616. The molecule has 94 valence electrons. The van der Waals surface area contributed by atoms with Gasteiger partial charge in [-0.05, 0) is 6.07 Å². The number of para-hydroxylation sites is 1. The zero-order valence-corrected chi connectivity index (χ0v) is 10.1. The van der Waals surface area contributed by atoms with Gasteiger partial charge in [-0.1, -0.05) is 18.2 Å². The molecule has 1 aliphatic rings. The molecule has 3 aromatic rings. The molecule has 2 N–H and O–H groups in total. The molecule has 3 heterocycles. The molecule has 0 unspecified atom stereocenters. The third kappa shape index (κ3) is 1.52. The molecule has 0 radical (unpaired) electrons. The Balaban J connectivity index is 1.98. The van der Waals surface area contributed by atoms with E-state index in [1.54, 1.807) is 6.26 Å². The number of furan rings is 1. The van der Waals surface area contributed by atoms with Crippen LogP contribution in [0.5, 0.6) is 0 Å². The van der Waals surface area contributed by atoms with Gasteiger partial charge in [0.25, 0.3) is 5.56 Å². The van der Waals surface area contributed by atoms with Crippen molar-refractivity contribution in [1.29, 1.82) is 0 Å². The molecule has 19 heavy (non-hydrogen) atoms. The van der Waals surface area contributed by atoms with Crippen LogP contribution in [-0.4, -0.2) is 9.97 Å². The van der Waals surface area contributed by atoms with E-state index in [0.717, 1.165) is 27.8 Å². The molecule has 0 saturated heterocycles. The first kappa shape index (κ1) is 10.5. The van der Waals surface area contributed by atoms with Crippen molar-refractivity contribution >= 4 is 11.0 Å². The van der Waals surface area contributed by atoms with Gasteiger partial charge in [0.2, 0.25) is 0 Å². The highest BCUT2D eigenvalue weighted by Gasteiger charge is 2.18. The maximum atomic E-state index is 12.0. The minimum Gasteiger partial charge on any atom is -0.464 e. The average molecular weight is 253 g/mol. The molecule has 0 amide bonds. The zero-order valence-electron chi connectivity index (χ0n) is 10.1. The predicted molar refractivity (Wildman–Crippen MR) is 70.6 cm³/mol. The monoisotopic (exact) mass is 253 g/mol. The van der Waals surface area contributed by atoms with Crippen molar-refractivity contribution < 1.29 is 4.42 Å². The maximum absolute atomic E-state index is 12.0. The molecule has 5 heteroatoms. The first-order valence-corrected chi connectivity index (χ1v) is 6.12. The highest BCUT2D eigenvalue weighted by Crippen LogP contribution is 2.28. The lowest BCUT2D eigenvalue weighted by Gasteiger charge is -2.01. The van der Waals surface area contributed by atoms with Crippen molar-refractivity contribution in [3.63, 3.8) is 0 Å². The highest BCUT2D eigenvalue weighted by molar-refractivity contribution is 5.91. The number of fused-ring (bicyclic) bond motifs is 2. The summed E-state index contributed by atoms with van der Waals surface area (Å²) in [5.41, 5.74) is 3.09. The number of hydrogen-bond acceptors (Lipinski definition) is 4. The van der Waals surface area contributed by atoms with E-state index in [0.29, 0.717) is 18.9 Å². The van der Waals surface area contributed by atoms with E-state index < -0.39 is 0 Å². The summed E-state index contributed by atoms with van der Waals surface area (Å²) in [5, 5.41) is 4.09. The number of hydrogen-bond donors (Lipinski definition) is 2. The maximum Gasteiger partial charge on any atom is 0.255 e. The van der Waals surface area contributed by atoms with Crippen molar-refractivity contribution in [2.45, 2.75) is 13.1 Å². The van der Waals surface area contributed by atoms with Gasteiger partial charge in [0.15, 0.2) is 0 Å². The molecule has 0 fully saturated rings. The van der Waals surface area contributed by atoms with Gasteiger partial charge in [-0.2, -0.15) is 0 Å². The van der Waals surface area contributed by atoms with Gasteiger partial charge in [0.05, 0.1) is 16.8 Å². The molecule has 0 atom stereocenters. The number of rotatable bonds is 1. The molecule has 5 nitrogen and oxygen atoms in total. The van der Waals surface area contributed by atoms with Crippen LogP contribution in [-0.2, 0) is 13.1 Å². The molecule has 0 spiro atoms. The third-order valence-electron chi connectivity index (χ3n) is 3.43.